The number of methoxy groups -OCH3 is 1. The van der Waals surface area contributed by atoms with E-state index in [2.05, 4.69) is 10.0 Å². The van der Waals surface area contributed by atoms with E-state index < -0.39 is 10.0 Å². The van der Waals surface area contributed by atoms with Crippen LogP contribution in [0.2, 0.25) is 0 Å². The Morgan fingerprint density at radius 3 is 2.40 bits per heavy atom. The minimum absolute atomic E-state index is 0.151. The monoisotopic (exact) mass is 362 g/mol. The standard InChI is InChI=1S/C18H22N2O4S/c1-13-4-9-18(24-3)15(12-13)10-11-19-25(22,23)17-7-5-16(6-8-17)20-14(2)21/h4-9,12,19H,10-11H2,1-3H3,(H,20,21). The number of hydrogen-bond acceptors (Lipinski definition) is 4. The van der Waals surface area contributed by atoms with Crippen molar-refractivity contribution >= 4 is 21.6 Å². The van der Waals surface area contributed by atoms with E-state index in [1.807, 2.05) is 25.1 Å². The van der Waals surface area contributed by atoms with E-state index in [4.69, 9.17) is 4.74 Å². The van der Waals surface area contributed by atoms with Crippen LogP contribution in [0, 0.1) is 6.92 Å². The maximum atomic E-state index is 12.3. The minimum Gasteiger partial charge on any atom is -0.496 e. The molecule has 0 spiro atoms. The second kappa shape index (κ2) is 8.13. The van der Waals surface area contributed by atoms with Gasteiger partial charge in [-0.25, -0.2) is 13.1 Å². The van der Waals surface area contributed by atoms with Gasteiger partial charge in [-0.3, -0.25) is 4.79 Å². The first-order valence-electron chi connectivity index (χ1n) is 7.82. The average molecular weight is 362 g/mol. The van der Waals surface area contributed by atoms with Crippen LogP contribution in [0.4, 0.5) is 5.69 Å². The van der Waals surface area contributed by atoms with Gasteiger partial charge in [-0.2, -0.15) is 0 Å². The van der Waals surface area contributed by atoms with Crippen LogP contribution < -0.4 is 14.8 Å². The highest BCUT2D eigenvalue weighted by atomic mass is 32.2. The van der Waals surface area contributed by atoms with Gasteiger partial charge in [0, 0.05) is 19.2 Å². The summed E-state index contributed by atoms with van der Waals surface area (Å²) in [5.41, 5.74) is 2.59. The number of sulfonamides is 1. The SMILES string of the molecule is COc1ccc(C)cc1CCNS(=O)(=O)c1ccc(NC(C)=O)cc1. The first-order valence-corrected chi connectivity index (χ1v) is 9.31. The Morgan fingerprint density at radius 2 is 1.80 bits per heavy atom. The van der Waals surface area contributed by atoms with Crippen LogP contribution >= 0.6 is 0 Å². The molecule has 0 unspecified atom stereocenters. The summed E-state index contributed by atoms with van der Waals surface area (Å²) in [6, 6.07) is 11.8. The van der Waals surface area contributed by atoms with Gasteiger partial charge < -0.3 is 10.1 Å². The molecule has 0 saturated heterocycles. The molecule has 0 bridgehead atoms. The third kappa shape index (κ3) is 5.30. The van der Waals surface area contributed by atoms with Crippen molar-refractivity contribution in [2.45, 2.75) is 25.2 Å². The van der Waals surface area contributed by atoms with Gasteiger partial charge in [-0.05, 0) is 49.2 Å². The zero-order valence-electron chi connectivity index (χ0n) is 14.5. The number of anilines is 1. The van der Waals surface area contributed by atoms with E-state index in [0.717, 1.165) is 16.9 Å². The molecule has 0 aliphatic rings. The van der Waals surface area contributed by atoms with Crippen LogP contribution in [0.3, 0.4) is 0 Å². The number of amides is 1. The minimum atomic E-state index is -3.61. The van der Waals surface area contributed by atoms with E-state index in [1.54, 1.807) is 19.2 Å². The number of nitrogens with one attached hydrogen (secondary N) is 2. The van der Waals surface area contributed by atoms with Crippen molar-refractivity contribution in [2.24, 2.45) is 0 Å². The Balaban J connectivity index is 2.02. The van der Waals surface area contributed by atoms with Crippen LogP contribution in [0.25, 0.3) is 0 Å². The lowest BCUT2D eigenvalue weighted by molar-refractivity contribution is -0.114. The highest BCUT2D eigenvalue weighted by Gasteiger charge is 2.14. The van der Waals surface area contributed by atoms with Crippen molar-refractivity contribution in [1.82, 2.24) is 4.72 Å². The molecule has 0 aliphatic carbocycles. The molecule has 0 heterocycles. The number of benzene rings is 2. The van der Waals surface area contributed by atoms with Gasteiger partial charge in [0.1, 0.15) is 5.75 Å². The van der Waals surface area contributed by atoms with Crippen LogP contribution in [-0.2, 0) is 21.2 Å². The lowest BCUT2D eigenvalue weighted by Crippen LogP contribution is -2.26. The Morgan fingerprint density at radius 1 is 1.12 bits per heavy atom. The van der Waals surface area contributed by atoms with Gasteiger partial charge in [0.25, 0.3) is 0 Å². The Bertz CT molecular complexity index is 846. The number of hydrogen-bond donors (Lipinski definition) is 2. The Hall–Kier alpha value is -2.38. The normalized spacial score (nSPS) is 11.2. The molecule has 6 nitrogen and oxygen atoms in total. The van der Waals surface area contributed by atoms with Gasteiger partial charge in [0.15, 0.2) is 0 Å². The van der Waals surface area contributed by atoms with Crippen molar-refractivity contribution < 1.29 is 17.9 Å². The van der Waals surface area contributed by atoms with Gasteiger partial charge in [0.2, 0.25) is 15.9 Å². The molecule has 0 atom stereocenters. The molecule has 0 aliphatic heterocycles. The fourth-order valence-corrected chi connectivity index (χ4v) is 3.46. The first-order chi connectivity index (χ1) is 11.8. The zero-order valence-corrected chi connectivity index (χ0v) is 15.3. The Kier molecular flexibility index (Phi) is 6.17. The third-order valence-corrected chi connectivity index (χ3v) is 5.08. The van der Waals surface area contributed by atoms with Gasteiger partial charge >= 0.3 is 0 Å². The molecule has 2 aromatic carbocycles. The quantitative estimate of drug-likeness (QED) is 0.792. The van der Waals surface area contributed by atoms with Crippen molar-refractivity contribution in [3.63, 3.8) is 0 Å². The molecule has 2 aromatic rings. The third-order valence-electron chi connectivity index (χ3n) is 3.61. The highest BCUT2D eigenvalue weighted by molar-refractivity contribution is 7.89. The molecule has 134 valence electrons. The summed E-state index contributed by atoms with van der Waals surface area (Å²) in [7, 11) is -2.02. The molecular formula is C18H22N2O4S. The van der Waals surface area contributed by atoms with E-state index in [1.165, 1.54) is 19.1 Å². The largest absolute Gasteiger partial charge is 0.496 e. The summed E-state index contributed by atoms with van der Waals surface area (Å²) >= 11 is 0. The average Bonchev–Trinajstić information content (AvgIpc) is 2.55. The fraction of sp³-hybridized carbons (Fsp3) is 0.278. The van der Waals surface area contributed by atoms with Crippen molar-refractivity contribution in [1.29, 1.82) is 0 Å². The number of ether oxygens (including phenoxy) is 1. The van der Waals surface area contributed by atoms with Crippen molar-refractivity contribution in [3.8, 4) is 5.75 Å². The Labute approximate surface area is 148 Å². The van der Waals surface area contributed by atoms with Gasteiger partial charge in [-0.1, -0.05) is 17.7 Å². The molecule has 7 heteroatoms. The molecular weight excluding hydrogens is 340 g/mol. The van der Waals surface area contributed by atoms with E-state index in [9.17, 15) is 13.2 Å². The van der Waals surface area contributed by atoms with E-state index in [-0.39, 0.29) is 17.3 Å². The topological polar surface area (TPSA) is 84.5 Å². The molecule has 0 saturated carbocycles. The molecule has 1 amide bonds. The summed E-state index contributed by atoms with van der Waals surface area (Å²) < 4.78 is 32.6. The van der Waals surface area contributed by atoms with E-state index >= 15 is 0 Å². The lowest BCUT2D eigenvalue weighted by Gasteiger charge is -2.11. The summed E-state index contributed by atoms with van der Waals surface area (Å²) in [6.45, 7) is 3.63. The fourth-order valence-electron chi connectivity index (χ4n) is 2.43. The summed E-state index contributed by atoms with van der Waals surface area (Å²) in [6.07, 6.45) is 0.522. The zero-order chi connectivity index (χ0) is 18.4. The summed E-state index contributed by atoms with van der Waals surface area (Å²) in [4.78, 5) is 11.1. The van der Waals surface area contributed by atoms with E-state index in [0.29, 0.717) is 12.1 Å². The molecule has 0 aromatic heterocycles. The number of rotatable bonds is 7. The van der Waals surface area contributed by atoms with Gasteiger partial charge in [-0.15, -0.1) is 0 Å². The highest BCUT2D eigenvalue weighted by Crippen LogP contribution is 2.20. The molecule has 0 radical (unpaired) electrons. The van der Waals surface area contributed by atoms with Crippen molar-refractivity contribution in [2.75, 3.05) is 19.0 Å². The number of carbonyl (C=O) groups is 1. The molecule has 2 N–H and O–H groups in total. The molecule has 2 rings (SSSR count). The van der Waals surface area contributed by atoms with Crippen LogP contribution in [0.15, 0.2) is 47.4 Å². The summed E-state index contributed by atoms with van der Waals surface area (Å²) in [5.74, 6) is 0.533. The predicted molar refractivity (Wildman–Crippen MR) is 97.4 cm³/mol. The maximum Gasteiger partial charge on any atom is 0.240 e. The number of carbonyl (C=O) groups excluding carboxylic acids is 1. The second-order valence-electron chi connectivity index (χ2n) is 5.67. The summed E-state index contributed by atoms with van der Waals surface area (Å²) in [5, 5.41) is 2.60. The maximum absolute atomic E-state index is 12.3. The smallest absolute Gasteiger partial charge is 0.240 e. The first kappa shape index (κ1) is 19.0. The second-order valence-corrected chi connectivity index (χ2v) is 7.44. The molecule has 25 heavy (non-hydrogen) atoms. The number of aryl methyl sites for hydroxylation is 1. The van der Waals surface area contributed by atoms with Crippen LogP contribution in [0.1, 0.15) is 18.1 Å². The molecule has 0 fully saturated rings. The predicted octanol–water partition coefficient (Wildman–Crippen LogP) is 2.48. The van der Waals surface area contributed by atoms with Gasteiger partial charge in [0.05, 0.1) is 12.0 Å². The van der Waals surface area contributed by atoms with Crippen molar-refractivity contribution in [3.05, 3.63) is 53.6 Å². The van der Waals surface area contributed by atoms with Crippen LogP contribution in [0.5, 0.6) is 5.75 Å². The lowest BCUT2D eigenvalue weighted by atomic mass is 10.1. The van der Waals surface area contributed by atoms with Crippen LogP contribution in [-0.4, -0.2) is 28.0 Å².